The highest BCUT2D eigenvalue weighted by Gasteiger charge is 2.48. The predicted molar refractivity (Wildman–Crippen MR) is 156 cm³/mol. The van der Waals surface area contributed by atoms with Gasteiger partial charge in [-0.1, -0.05) is 42.9 Å². The number of hydrogen-bond donors (Lipinski definition) is 1. The zero-order valence-corrected chi connectivity index (χ0v) is 23.5. The van der Waals surface area contributed by atoms with Gasteiger partial charge in [0.05, 0.1) is 28.4 Å². The molecule has 2 aliphatic rings. The highest BCUT2D eigenvalue weighted by molar-refractivity contribution is 7.22. The summed E-state index contributed by atoms with van der Waals surface area (Å²) in [7, 11) is 0. The van der Waals surface area contributed by atoms with Crippen LogP contribution in [0.1, 0.15) is 55.0 Å². The first kappa shape index (κ1) is 26.1. The molecule has 8 heteroatoms. The van der Waals surface area contributed by atoms with E-state index in [1.165, 1.54) is 16.2 Å². The van der Waals surface area contributed by atoms with Crippen molar-refractivity contribution in [2.75, 3.05) is 11.5 Å². The number of aromatic nitrogens is 1. The van der Waals surface area contributed by atoms with Gasteiger partial charge in [0.25, 0.3) is 5.78 Å². The number of Topliss-reactive ketones (excluding diaryl/α,β-unsaturated/α-hetero) is 1. The van der Waals surface area contributed by atoms with Crippen molar-refractivity contribution >= 4 is 44.1 Å². The van der Waals surface area contributed by atoms with E-state index in [0.717, 1.165) is 39.9 Å². The topological polar surface area (TPSA) is 89.0 Å². The second kappa shape index (κ2) is 10.4. The smallest absolute Gasteiger partial charge is 0.301 e. The fourth-order valence-corrected chi connectivity index (χ4v) is 6.36. The molecule has 1 N–H and O–H groups in total. The van der Waals surface area contributed by atoms with Gasteiger partial charge in [0.1, 0.15) is 23.4 Å². The molecule has 6 rings (SSSR count). The summed E-state index contributed by atoms with van der Waals surface area (Å²) in [4.78, 5) is 33.3. The third kappa shape index (κ3) is 4.62. The molecule has 0 spiro atoms. The van der Waals surface area contributed by atoms with Gasteiger partial charge in [0.2, 0.25) is 0 Å². The number of anilines is 1. The Kier molecular flexibility index (Phi) is 6.80. The summed E-state index contributed by atoms with van der Waals surface area (Å²) in [6.45, 7) is 6.70. The van der Waals surface area contributed by atoms with Gasteiger partial charge < -0.3 is 14.6 Å². The zero-order valence-electron chi connectivity index (χ0n) is 22.6. The number of thiazole rings is 1. The number of unbranched alkanes of at least 4 members (excludes halogenated alkanes) is 1. The summed E-state index contributed by atoms with van der Waals surface area (Å²) in [5.41, 5.74) is 3.97. The number of carbonyl (C=O) groups is 2. The normalized spacial score (nSPS) is 19.7. The van der Waals surface area contributed by atoms with Gasteiger partial charge in [0, 0.05) is 12.0 Å². The average Bonchev–Trinajstić information content (AvgIpc) is 3.60. The predicted octanol–water partition coefficient (Wildman–Crippen LogP) is 6.73. The molecular formula is C32H30N2O5S. The number of amides is 1. The SMILES string of the molecule is CCCCOc1ccc([C@H]2C(=C(O)c3ccc4c(c3)C[C@H](C)O4)C(=O)C(=O)N2c2nc3ccc(C)cc3s2)cc1. The maximum absolute atomic E-state index is 13.6. The van der Waals surface area contributed by atoms with Crippen LogP contribution in [0.4, 0.5) is 5.13 Å². The van der Waals surface area contributed by atoms with Crippen molar-refractivity contribution in [2.45, 2.75) is 52.2 Å². The van der Waals surface area contributed by atoms with Gasteiger partial charge in [0.15, 0.2) is 5.13 Å². The number of ether oxygens (including phenoxy) is 2. The molecule has 1 aromatic heterocycles. The molecule has 3 aromatic carbocycles. The molecule has 1 saturated heterocycles. The van der Waals surface area contributed by atoms with Crippen LogP contribution in [0.3, 0.4) is 0 Å². The van der Waals surface area contributed by atoms with Gasteiger partial charge >= 0.3 is 5.91 Å². The molecule has 2 atom stereocenters. The summed E-state index contributed by atoms with van der Waals surface area (Å²) >= 11 is 1.35. The van der Waals surface area contributed by atoms with Crippen LogP contribution in [0.25, 0.3) is 16.0 Å². The van der Waals surface area contributed by atoms with Crippen molar-refractivity contribution in [1.29, 1.82) is 0 Å². The molecule has 4 aromatic rings. The second-order valence-electron chi connectivity index (χ2n) is 10.4. The van der Waals surface area contributed by atoms with Gasteiger partial charge in [-0.05, 0) is 79.4 Å². The summed E-state index contributed by atoms with van der Waals surface area (Å²) in [5.74, 6) is -0.203. The van der Waals surface area contributed by atoms with Gasteiger partial charge in [-0.15, -0.1) is 0 Å². The van der Waals surface area contributed by atoms with E-state index < -0.39 is 17.7 Å². The summed E-state index contributed by atoms with van der Waals surface area (Å²) in [5, 5.41) is 12.0. The first-order chi connectivity index (χ1) is 19.3. The fourth-order valence-electron chi connectivity index (χ4n) is 5.27. The van der Waals surface area contributed by atoms with Crippen LogP contribution < -0.4 is 14.4 Å². The number of aliphatic hydroxyl groups is 1. The first-order valence-corrected chi connectivity index (χ1v) is 14.4. The quantitative estimate of drug-likeness (QED) is 0.118. The average molecular weight is 555 g/mol. The van der Waals surface area contributed by atoms with E-state index in [2.05, 4.69) is 6.92 Å². The van der Waals surface area contributed by atoms with Crippen LogP contribution in [-0.2, 0) is 16.0 Å². The molecule has 1 fully saturated rings. The van der Waals surface area contributed by atoms with E-state index >= 15 is 0 Å². The summed E-state index contributed by atoms with van der Waals surface area (Å²) < 4.78 is 12.6. The lowest BCUT2D eigenvalue weighted by molar-refractivity contribution is -0.132. The van der Waals surface area contributed by atoms with Crippen LogP contribution >= 0.6 is 11.3 Å². The van der Waals surface area contributed by atoms with Crippen molar-refractivity contribution in [3.8, 4) is 11.5 Å². The van der Waals surface area contributed by atoms with Crippen LogP contribution in [0.2, 0.25) is 0 Å². The first-order valence-electron chi connectivity index (χ1n) is 13.5. The van der Waals surface area contributed by atoms with Gasteiger partial charge in [-0.2, -0.15) is 0 Å². The number of aryl methyl sites for hydroxylation is 1. The molecule has 0 unspecified atom stereocenters. The van der Waals surface area contributed by atoms with E-state index in [0.29, 0.717) is 35.0 Å². The monoisotopic (exact) mass is 554 g/mol. The Morgan fingerprint density at radius 3 is 2.70 bits per heavy atom. The summed E-state index contributed by atoms with van der Waals surface area (Å²) in [6.07, 6.45) is 2.73. The van der Waals surface area contributed by atoms with E-state index in [9.17, 15) is 14.7 Å². The Bertz CT molecular complexity index is 1660. The van der Waals surface area contributed by atoms with E-state index in [1.807, 2.05) is 62.4 Å². The Morgan fingerprint density at radius 2 is 1.93 bits per heavy atom. The number of rotatable bonds is 7. The zero-order chi connectivity index (χ0) is 28.0. The third-order valence-electron chi connectivity index (χ3n) is 7.32. The minimum atomic E-state index is -0.852. The van der Waals surface area contributed by atoms with Crippen molar-refractivity contribution in [3.05, 3.63) is 88.5 Å². The number of benzene rings is 3. The maximum atomic E-state index is 13.6. The van der Waals surface area contributed by atoms with Crippen LogP contribution in [0.15, 0.2) is 66.2 Å². The number of aliphatic hydroxyl groups excluding tert-OH is 1. The molecule has 40 heavy (non-hydrogen) atoms. The number of ketones is 1. The number of nitrogens with zero attached hydrogens (tertiary/aromatic N) is 2. The molecule has 0 bridgehead atoms. The molecule has 204 valence electrons. The Morgan fingerprint density at radius 1 is 1.12 bits per heavy atom. The Labute approximate surface area is 236 Å². The molecule has 2 aliphatic heterocycles. The Hall–Kier alpha value is -4.17. The van der Waals surface area contributed by atoms with Crippen molar-refractivity contribution in [2.24, 2.45) is 0 Å². The second-order valence-corrected chi connectivity index (χ2v) is 11.4. The molecule has 7 nitrogen and oxygen atoms in total. The highest BCUT2D eigenvalue weighted by Crippen LogP contribution is 2.45. The lowest BCUT2D eigenvalue weighted by Gasteiger charge is -2.23. The summed E-state index contributed by atoms with van der Waals surface area (Å²) in [6, 6.07) is 17.7. The largest absolute Gasteiger partial charge is 0.507 e. The molecule has 0 radical (unpaired) electrons. The van der Waals surface area contributed by atoms with E-state index in [1.54, 1.807) is 12.1 Å². The lowest BCUT2D eigenvalue weighted by atomic mass is 9.94. The number of fused-ring (bicyclic) bond motifs is 2. The standard InChI is InChI=1S/C32H30N2O5S/c1-4-5-14-38-23-10-7-20(8-11-23)28-27(29(35)21-9-13-25-22(17-21)16-19(3)39-25)30(36)31(37)34(28)32-33-24-12-6-18(2)15-26(24)40-32/h6-13,15,17,19,28,35H,4-5,14,16H2,1-3H3/t19-,28-/m0/s1. The highest BCUT2D eigenvalue weighted by atomic mass is 32.1. The van der Waals surface area contributed by atoms with Gasteiger partial charge in [-0.3, -0.25) is 14.5 Å². The minimum absolute atomic E-state index is 0.0343. The third-order valence-corrected chi connectivity index (χ3v) is 8.33. The molecule has 0 saturated carbocycles. The van der Waals surface area contributed by atoms with Crippen molar-refractivity contribution in [1.82, 2.24) is 4.98 Å². The van der Waals surface area contributed by atoms with Crippen LogP contribution in [0, 0.1) is 6.92 Å². The van der Waals surface area contributed by atoms with Crippen LogP contribution in [0.5, 0.6) is 11.5 Å². The minimum Gasteiger partial charge on any atom is -0.507 e. The number of carbonyl (C=O) groups excluding carboxylic acids is 2. The van der Waals surface area contributed by atoms with Gasteiger partial charge in [-0.25, -0.2) is 4.98 Å². The van der Waals surface area contributed by atoms with Crippen molar-refractivity contribution in [3.63, 3.8) is 0 Å². The van der Waals surface area contributed by atoms with Crippen LogP contribution in [-0.4, -0.2) is 34.5 Å². The van der Waals surface area contributed by atoms with Crippen molar-refractivity contribution < 1.29 is 24.2 Å². The number of hydrogen-bond acceptors (Lipinski definition) is 7. The fraction of sp³-hybridized carbons (Fsp3) is 0.281. The molecule has 0 aliphatic carbocycles. The molecular weight excluding hydrogens is 524 g/mol. The molecule has 3 heterocycles. The maximum Gasteiger partial charge on any atom is 0.301 e. The lowest BCUT2D eigenvalue weighted by Crippen LogP contribution is -2.29. The van der Waals surface area contributed by atoms with E-state index in [4.69, 9.17) is 14.5 Å². The molecule has 1 amide bonds. The van der Waals surface area contributed by atoms with E-state index in [-0.39, 0.29) is 17.4 Å². The Balaban J connectivity index is 1.47.